The lowest BCUT2D eigenvalue weighted by atomic mass is 9.85. The first-order valence-electron chi connectivity index (χ1n) is 8.20. The smallest absolute Gasteiger partial charge is 0.243 e. The zero-order chi connectivity index (χ0) is 18.3. The minimum absolute atomic E-state index is 0.120. The molecule has 4 rings (SSSR count). The summed E-state index contributed by atoms with van der Waals surface area (Å²) in [5, 5.41) is 4.77. The molecule has 0 aromatic heterocycles. The normalized spacial score (nSPS) is 22.6. The Labute approximate surface area is 155 Å². The molecule has 0 bridgehead atoms. The number of amides is 1. The van der Waals surface area contributed by atoms with Gasteiger partial charge in [-0.1, -0.05) is 53.2 Å². The fourth-order valence-corrected chi connectivity index (χ4v) is 3.54. The van der Waals surface area contributed by atoms with Crippen LogP contribution in [0.2, 0.25) is 5.02 Å². The lowest BCUT2D eigenvalue weighted by Gasteiger charge is -2.17. The van der Waals surface area contributed by atoms with Gasteiger partial charge < -0.3 is 10.6 Å². The molecule has 2 heterocycles. The molecule has 6 heteroatoms. The van der Waals surface area contributed by atoms with Gasteiger partial charge in [0, 0.05) is 22.2 Å². The Kier molecular flexibility index (Phi) is 4.09. The summed E-state index contributed by atoms with van der Waals surface area (Å²) >= 11 is 6.03. The molecule has 0 fully saturated rings. The van der Waals surface area contributed by atoms with Crippen molar-refractivity contribution in [2.75, 3.05) is 0 Å². The van der Waals surface area contributed by atoms with Crippen LogP contribution in [0.15, 0.2) is 70.5 Å². The maximum Gasteiger partial charge on any atom is 0.243 e. The molecule has 2 aromatic carbocycles. The van der Waals surface area contributed by atoms with E-state index >= 15 is 0 Å². The number of aliphatic imine (C=N–C) groups is 1. The molecular weight excluding hydrogens is 350 g/mol. The third-order valence-corrected chi connectivity index (χ3v) is 4.81. The molecule has 2 N–H and O–H groups in total. The minimum atomic E-state index is -0.572. The van der Waals surface area contributed by atoms with E-state index in [-0.39, 0.29) is 5.92 Å². The number of hydrogen-bond donors (Lipinski definition) is 1. The summed E-state index contributed by atoms with van der Waals surface area (Å²) < 4.78 is 0. The summed E-state index contributed by atoms with van der Waals surface area (Å²) in [5.74, 6) is -0.692. The molecule has 5 nitrogen and oxygen atoms in total. The topological polar surface area (TPSA) is 77.0 Å². The molecule has 2 aliphatic rings. The van der Waals surface area contributed by atoms with Crippen LogP contribution in [0.25, 0.3) is 0 Å². The largest absolute Gasteiger partial charge is 0.385 e. The van der Waals surface area contributed by atoms with Crippen LogP contribution in [0, 0.1) is 0 Å². The number of nitrogens with two attached hydrogens (primary N) is 1. The number of carbonyl (C=O) groups excluding carboxylic acids is 1. The van der Waals surface area contributed by atoms with Gasteiger partial charge in [-0.05, 0) is 24.6 Å². The number of primary amides is 1. The number of hydrogen-bond acceptors (Lipinski definition) is 4. The molecule has 26 heavy (non-hydrogen) atoms. The van der Waals surface area contributed by atoms with E-state index in [1.807, 2.05) is 55.5 Å². The SMILES string of the molecule is CC1=NOC2/C(=C/C(N)=O)N=C(c3ccc(Cl)cc3)c3ccccc3C12. The third-order valence-electron chi connectivity index (χ3n) is 4.55. The summed E-state index contributed by atoms with van der Waals surface area (Å²) in [6.07, 6.45) is 0.835. The maximum atomic E-state index is 11.6. The number of fused-ring (bicyclic) bond motifs is 3. The van der Waals surface area contributed by atoms with Gasteiger partial charge in [0.15, 0.2) is 6.10 Å². The lowest BCUT2D eigenvalue weighted by Crippen LogP contribution is -2.22. The van der Waals surface area contributed by atoms with E-state index in [1.165, 1.54) is 6.08 Å². The Hall–Kier alpha value is -2.92. The summed E-state index contributed by atoms with van der Waals surface area (Å²) in [6.45, 7) is 1.91. The van der Waals surface area contributed by atoms with Crippen molar-refractivity contribution in [3.05, 3.63) is 82.0 Å². The first-order valence-corrected chi connectivity index (χ1v) is 8.57. The van der Waals surface area contributed by atoms with Gasteiger partial charge >= 0.3 is 0 Å². The van der Waals surface area contributed by atoms with Gasteiger partial charge in [0.05, 0.1) is 23.0 Å². The predicted molar refractivity (Wildman–Crippen MR) is 102 cm³/mol. The molecule has 0 spiro atoms. The highest BCUT2D eigenvalue weighted by molar-refractivity contribution is 6.30. The molecule has 130 valence electrons. The molecule has 1 amide bonds. The Balaban J connectivity index is 1.98. The molecule has 0 saturated heterocycles. The van der Waals surface area contributed by atoms with Gasteiger partial charge in [-0.25, -0.2) is 4.99 Å². The molecule has 2 atom stereocenters. The van der Waals surface area contributed by atoms with Crippen molar-refractivity contribution in [1.29, 1.82) is 0 Å². The van der Waals surface area contributed by atoms with Crippen LogP contribution in [0.5, 0.6) is 0 Å². The highest BCUT2D eigenvalue weighted by Gasteiger charge is 2.40. The Bertz CT molecular complexity index is 977. The van der Waals surface area contributed by atoms with Gasteiger partial charge in [0.25, 0.3) is 0 Å². The minimum Gasteiger partial charge on any atom is -0.385 e. The van der Waals surface area contributed by atoms with E-state index < -0.39 is 12.0 Å². The number of nitrogens with zero attached hydrogens (tertiary/aromatic N) is 2. The Morgan fingerprint density at radius 2 is 1.92 bits per heavy atom. The average Bonchev–Trinajstić information content (AvgIpc) is 2.94. The summed E-state index contributed by atoms with van der Waals surface area (Å²) in [7, 11) is 0. The van der Waals surface area contributed by atoms with Crippen molar-refractivity contribution in [3.63, 3.8) is 0 Å². The standard InChI is InChI=1S/C20H16ClN3O2/c1-11-18-14-4-2-3-5-15(14)19(12-6-8-13(21)9-7-12)23-16(10-17(22)25)20(18)26-24-11/h2-10,18,20H,1H3,(H2,22,25)/b16-10-. The van der Waals surface area contributed by atoms with Gasteiger partial charge in [-0.2, -0.15) is 0 Å². The van der Waals surface area contributed by atoms with E-state index in [1.54, 1.807) is 0 Å². The van der Waals surface area contributed by atoms with Crippen molar-refractivity contribution in [2.45, 2.75) is 18.9 Å². The second kappa shape index (κ2) is 6.42. The fourth-order valence-electron chi connectivity index (χ4n) is 3.41. The summed E-state index contributed by atoms with van der Waals surface area (Å²) in [4.78, 5) is 22.0. The number of oxime groups is 1. The van der Waals surface area contributed by atoms with E-state index in [0.29, 0.717) is 10.7 Å². The average molecular weight is 366 g/mol. The Morgan fingerprint density at radius 3 is 2.65 bits per heavy atom. The summed E-state index contributed by atoms with van der Waals surface area (Å²) in [6, 6.07) is 15.4. The monoisotopic (exact) mass is 365 g/mol. The molecule has 2 aliphatic heterocycles. The van der Waals surface area contributed by atoms with Crippen molar-refractivity contribution < 1.29 is 9.63 Å². The number of halogens is 1. The zero-order valence-electron chi connectivity index (χ0n) is 14.0. The van der Waals surface area contributed by atoms with Crippen LogP contribution in [-0.2, 0) is 9.63 Å². The van der Waals surface area contributed by atoms with Crippen molar-refractivity contribution in [1.82, 2.24) is 0 Å². The van der Waals surface area contributed by atoms with Gasteiger partial charge in [-0.15, -0.1) is 0 Å². The second-order valence-corrected chi connectivity index (χ2v) is 6.70. The lowest BCUT2D eigenvalue weighted by molar-refractivity contribution is -0.113. The maximum absolute atomic E-state index is 11.6. The molecular formula is C20H16ClN3O2. The Morgan fingerprint density at radius 1 is 1.19 bits per heavy atom. The second-order valence-electron chi connectivity index (χ2n) is 6.26. The summed E-state index contributed by atoms with van der Waals surface area (Å²) in [5.41, 5.74) is 10.4. The van der Waals surface area contributed by atoms with Crippen molar-refractivity contribution >= 4 is 28.9 Å². The van der Waals surface area contributed by atoms with Crippen LogP contribution in [0.3, 0.4) is 0 Å². The van der Waals surface area contributed by atoms with Crippen LogP contribution in [0.4, 0.5) is 0 Å². The molecule has 2 aromatic rings. The first-order chi connectivity index (χ1) is 12.5. The number of benzene rings is 2. The van der Waals surface area contributed by atoms with Crippen LogP contribution < -0.4 is 5.73 Å². The number of carbonyl (C=O) groups is 1. The predicted octanol–water partition coefficient (Wildman–Crippen LogP) is 3.42. The molecule has 0 radical (unpaired) electrons. The van der Waals surface area contributed by atoms with Gasteiger partial charge in [0.1, 0.15) is 0 Å². The molecule has 0 aliphatic carbocycles. The van der Waals surface area contributed by atoms with Crippen LogP contribution in [0.1, 0.15) is 29.5 Å². The van der Waals surface area contributed by atoms with Crippen molar-refractivity contribution in [2.24, 2.45) is 15.9 Å². The first kappa shape index (κ1) is 16.5. The third kappa shape index (κ3) is 2.80. The van der Waals surface area contributed by atoms with Gasteiger partial charge in [-0.3, -0.25) is 4.79 Å². The highest BCUT2D eigenvalue weighted by atomic mass is 35.5. The molecule has 0 saturated carbocycles. The van der Waals surface area contributed by atoms with Crippen molar-refractivity contribution in [3.8, 4) is 0 Å². The molecule has 2 unspecified atom stereocenters. The zero-order valence-corrected chi connectivity index (χ0v) is 14.8. The van der Waals surface area contributed by atoms with E-state index in [9.17, 15) is 4.79 Å². The van der Waals surface area contributed by atoms with Crippen LogP contribution in [-0.4, -0.2) is 23.4 Å². The quantitative estimate of drug-likeness (QED) is 0.828. The van der Waals surface area contributed by atoms with Gasteiger partial charge in [0.2, 0.25) is 5.91 Å². The van der Waals surface area contributed by atoms with E-state index in [2.05, 4.69) is 5.16 Å². The van der Waals surface area contributed by atoms with Crippen LogP contribution >= 0.6 is 11.6 Å². The van der Waals surface area contributed by atoms with E-state index in [4.69, 9.17) is 27.2 Å². The highest BCUT2D eigenvalue weighted by Crippen LogP contribution is 2.39. The van der Waals surface area contributed by atoms with E-state index in [0.717, 1.165) is 28.1 Å². The fraction of sp³-hybridized carbons (Fsp3) is 0.150. The number of rotatable bonds is 2.